The molecule has 0 unspecified atom stereocenters. The van der Waals surface area contributed by atoms with Gasteiger partial charge in [0.15, 0.2) is 11.4 Å². The van der Waals surface area contributed by atoms with Gasteiger partial charge in [-0.3, -0.25) is 14.2 Å². The zero-order chi connectivity index (χ0) is 27.0. The Bertz CT molecular complexity index is 1460. The quantitative estimate of drug-likeness (QED) is 0.193. The van der Waals surface area contributed by atoms with E-state index in [1.165, 1.54) is 37.8 Å². The van der Waals surface area contributed by atoms with Crippen LogP contribution >= 0.6 is 0 Å². The van der Waals surface area contributed by atoms with Crippen molar-refractivity contribution in [1.82, 2.24) is 19.4 Å². The smallest absolute Gasteiger partial charge is 0.274 e. The lowest BCUT2D eigenvalue weighted by molar-refractivity contribution is 0.0973. The van der Waals surface area contributed by atoms with Crippen LogP contribution in [0.3, 0.4) is 0 Å². The Hall–Kier alpha value is -3.71. The minimum Gasteiger partial charge on any atom is -0.303 e. The van der Waals surface area contributed by atoms with Gasteiger partial charge in [0.25, 0.3) is 5.56 Å². The highest BCUT2D eigenvalue weighted by Gasteiger charge is 2.17. The lowest BCUT2D eigenvalue weighted by Crippen LogP contribution is -2.27. The summed E-state index contributed by atoms with van der Waals surface area (Å²) in [5, 5.41) is 0. The third kappa shape index (κ3) is 7.03. The van der Waals surface area contributed by atoms with Crippen LogP contribution < -0.4 is 5.56 Å². The number of aromatic nitrogens is 3. The number of hydrogen-bond acceptors (Lipinski definition) is 5. The molecule has 2 aromatic heterocycles. The Morgan fingerprint density at radius 2 is 1.56 bits per heavy atom. The fourth-order valence-corrected chi connectivity index (χ4v) is 5.26. The Balaban J connectivity index is 1.38. The molecule has 0 aliphatic carbocycles. The van der Waals surface area contributed by atoms with E-state index in [0.29, 0.717) is 35.4 Å². The zero-order valence-corrected chi connectivity index (χ0v) is 22.3. The van der Waals surface area contributed by atoms with Crippen molar-refractivity contribution in [2.45, 2.75) is 57.9 Å². The van der Waals surface area contributed by atoms with E-state index in [4.69, 9.17) is 0 Å². The molecule has 0 N–H and O–H groups in total. The van der Waals surface area contributed by atoms with Gasteiger partial charge in [0.2, 0.25) is 0 Å². The van der Waals surface area contributed by atoms with Gasteiger partial charge in [-0.15, -0.1) is 0 Å². The number of fused-ring (bicyclic) bond motifs is 1. The molecule has 0 radical (unpaired) electrons. The fourth-order valence-electron chi connectivity index (χ4n) is 5.26. The Labute approximate surface area is 228 Å². The molecule has 0 saturated carbocycles. The van der Waals surface area contributed by atoms with E-state index < -0.39 is 0 Å². The number of pyridine rings is 1. The average molecular weight is 527 g/mol. The summed E-state index contributed by atoms with van der Waals surface area (Å²) in [6, 6.07) is 19.3. The predicted octanol–water partition coefficient (Wildman–Crippen LogP) is 5.80. The van der Waals surface area contributed by atoms with Crippen molar-refractivity contribution in [3.8, 4) is 0 Å². The predicted molar refractivity (Wildman–Crippen MR) is 152 cm³/mol. The first kappa shape index (κ1) is 26.9. The van der Waals surface area contributed by atoms with Crippen molar-refractivity contribution in [2.75, 3.05) is 19.6 Å². The minimum atomic E-state index is -0.336. The normalized spacial score (nSPS) is 14.4. The summed E-state index contributed by atoms with van der Waals surface area (Å²) in [6.45, 7) is 3.56. The summed E-state index contributed by atoms with van der Waals surface area (Å²) in [6.07, 6.45) is 7.77. The number of carbonyl (C=O) groups excluding carboxylic acids is 1. The minimum absolute atomic E-state index is 0.0260. The van der Waals surface area contributed by atoms with Gasteiger partial charge < -0.3 is 4.90 Å². The van der Waals surface area contributed by atoms with Crippen molar-refractivity contribution in [2.24, 2.45) is 0 Å². The summed E-state index contributed by atoms with van der Waals surface area (Å²) >= 11 is 0. The van der Waals surface area contributed by atoms with Crippen molar-refractivity contribution < 1.29 is 9.18 Å². The van der Waals surface area contributed by atoms with E-state index in [9.17, 15) is 14.0 Å². The summed E-state index contributed by atoms with van der Waals surface area (Å²) in [4.78, 5) is 38.5. The Morgan fingerprint density at radius 3 is 2.31 bits per heavy atom. The van der Waals surface area contributed by atoms with E-state index in [0.717, 1.165) is 43.6 Å². The highest BCUT2D eigenvalue weighted by molar-refractivity contribution is 5.95. The third-order valence-electron chi connectivity index (χ3n) is 7.44. The van der Waals surface area contributed by atoms with Crippen LogP contribution in [0.15, 0.2) is 71.5 Å². The maximum atomic E-state index is 13.6. The molecule has 1 aliphatic heterocycles. The topological polar surface area (TPSA) is 68.1 Å². The number of rotatable bonds is 10. The highest BCUT2D eigenvalue weighted by Crippen LogP contribution is 2.16. The zero-order valence-electron chi connectivity index (χ0n) is 22.3. The summed E-state index contributed by atoms with van der Waals surface area (Å²) in [5.74, 6) is -0.362. The monoisotopic (exact) mass is 526 g/mol. The highest BCUT2D eigenvalue weighted by atomic mass is 19.1. The van der Waals surface area contributed by atoms with Crippen molar-refractivity contribution >= 4 is 16.9 Å². The van der Waals surface area contributed by atoms with Crippen LogP contribution in [-0.2, 0) is 13.0 Å². The van der Waals surface area contributed by atoms with Crippen LogP contribution in [0.4, 0.5) is 4.39 Å². The van der Waals surface area contributed by atoms with E-state index in [2.05, 4.69) is 14.9 Å². The maximum Gasteiger partial charge on any atom is 0.274 e. The summed E-state index contributed by atoms with van der Waals surface area (Å²) in [5.41, 5.74) is 3.17. The standard InChI is InChI=1S/C32H35FN4O2/c33-26-15-13-25(14-16-26)23-37-31-28(34-29(32(37)39)22-24-10-4-3-5-11-24)18-17-27(35-31)30(38)12-6-9-21-36-19-7-1-2-8-20-36/h3-5,10-11,13-18H,1-2,6-9,12,19-23H2. The number of nitrogens with zero attached hydrogens (tertiary/aromatic N) is 4. The van der Waals surface area contributed by atoms with E-state index in [-0.39, 0.29) is 23.7 Å². The second-order valence-electron chi connectivity index (χ2n) is 10.4. The van der Waals surface area contributed by atoms with Gasteiger partial charge >= 0.3 is 0 Å². The third-order valence-corrected chi connectivity index (χ3v) is 7.44. The van der Waals surface area contributed by atoms with Gasteiger partial charge in [0, 0.05) is 12.8 Å². The molecular formula is C32H35FN4O2. The maximum absolute atomic E-state index is 13.6. The molecule has 2 aromatic carbocycles. The van der Waals surface area contributed by atoms with Crippen LogP contribution in [0.2, 0.25) is 0 Å². The van der Waals surface area contributed by atoms with Gasteiger partial charge in [-0.2, -0.15) is 0 Å². The second kappa shape index (κ2) is 12.9. The first-order chi connectivity index (χ1) is 19.1. The van der Waals surface area contributed by atoms with Crippen LogP contribution in [0.5, 0.6) is 0 Å². The second-order valence-corrected chi connectivity index (χ2v) is 10.4. The Kier molecular flexibility index (Phi) is 8.89. The largest absolute Gasteiger partial charge is 0.303 e. The number of halogens is 1. The van der Waals surface area contributed by atoms with Crippen molar-refractivity contribution in [3.05, 3.63) is 105 Å². The van der Waals surface area contributed by atoms with Gasteiger partial charge in [0.05, 0.1) is 6.54 Å². The molecule has 0 bridgehead atoms. The number of carbonyl (C=O) groups is 1. The average Bonchev–Trinajstić information content (AvgIpc) is 3.23. The molecule has 0 spiro atoms. The van der Waals surface area contributed by atoms with Crippen LogP contribution in [0.25, 0.3) is 11.2 Å². The Morgan fingerprint density at radius 1 is 0.821 bits per heavy atom. The van der Waals surface area contributed by atoms with E-state index in [1.807, 2.05) is 30.3 Å². The summed E-state index contributed by atoms with van der Waals surface area (Å²) < 4.78 is 15.1. The van der Waals surface area contributed by atoms with Gasteiger partial charge in [-0.25, -0.2) is 14.4 Å². The molecule has 0 amide bonds. The summed E-state index contributed by atoms with van der Waals surface area (Å²) in [7, 11) is 0. The molecule has 4 aromatic rings. The van der Waals surface area contributed by atoms with Gasteiger partial charge in [0.1, 0.15) is 22.7 Å². The van der Waals surface area contributed by atoms with Crippen molar-refractivity contribution in [3.63, 3.8) is 0 Å². The lowest BCUT2D eigenvalue weighted by Gasteiger charge is -2.19. The first-order valence-corrected chi connectivity index (χ1v) is 14.0. The van der Waals surface area contributed by atoms with E-state index in [1.54, 1.807) is 28.8 Å². The molecule has 6 nitrogen and oxygen atoms in total. The number of ketones is 1. The molecular weight excluding hydrogens is 491 g/mol. The fraction of sp³-hybridized carbons (Fsp3) is 0.375. The van der Waals surface area contributed by atoms with Gasteiger partial charge in [-0.1, -0.05) is 55.3 Å². The van der Waals surface area contributed by atoms with Crippen LogP contribution in [0, 0.1) is 5.82 Å². The van der Waals surface area contributed by atoms with Crippen molar-refractivity contribution in [1.29, 1.82) is 0 Å². The molecule has 1 aliphatic rings. The molecule has 0 atom stereocenters. The number of unbranched alkanes of at least 4 members (excludes halogenated alkanes) is 1. The first-order valence-electron chi connectivity index (χ1n) is 14.0. The molecule has 1 saturated heterocycles. The number of likely N-dealkylation sites (tertiary alicyclic amines) is 1. The number of Topliss-reactive ketones (excluding diaryl/α,β-unsaturated/α-hetero) is 1. The lowest BCUT2D eigenvalue weighted by atomic mass is 10.1. The van der Waals surface area contributed by atoms with Crippen LogP contribution in [-0.4, -0.2) is 44.9 Å². The number of benzene rings is 2. The molecule has 1 fully saturated rings. The molecule has 7 heteroatoms. The molecule has 202 valence electrons. The van der Waals surface area contributed by atoms with Crippen LogP contribution in [0.1, 0.15) is 72.3 Å². The SMILES string of the molecule is O=C(CCCCN1CCCCCC1)c1ccc2nc(Cc3ccccc3)c(=O)n(Cc3ccc(F)cc3)c2n1. The molecule has 5 rings (SSSR count). The molecule has 39 heavy (non-hydrogen) atoms. The van der Waals surface area contributed by atoms with Gasteiger partial charge in [-0.05, 0) is 80.7 Å². The van der Waals surface area contributed by atoms with E-state index >= 15 is 0 Å². The molecule has 3 heterocycles. The number of hydrogen-bond donors (Lipinski definition) is 0.